The maximum absolute atomic E-state index is 12.2. The summed E-state index contributed by atoms with van der Waals surface area (Å²) in [6.07, 6.45) is 0. The number of nitrogens with zero attached hydrogens (tertiary/aromatic N) is 2. The zero-order chi connectivity index (χ0) is 20.8. The Bertz CT molecular complexity index is 922. The minimum absolute atomic E-state index is 0.0115. The lowest BCUT2D eigenvalue weighted by atomic mass is 10.1. The Balaban J connectivity index is 2.02. The highest BCUT2D eigenvalue weighted by atomic mass is 32.1. The number of nitro benzene ring substituents is 1. The van der Waals surface area contributed by atoms with E-state index >= 15 is 0 Å². The first kappa shape index (κ1) is 21.0. The van der Waals surface area contributed by atoms with Crippen molar-refractivity contribution in [2.24, 2.45) is 0 Å². The van der Waals surface area contributed by atoms with Gasteiger partial charge in [0, 0.05) is 32.0 Å². The Morgan fingerprint density at radius 2 is 1.93 bits per heavy atom. The van der Waals surface area contributed by atoms with Crippen molar-refractivity contribution in [3.8, 4) is 0 Å². The van der Waals surface area contributed by atoms with E-state index in [1.807, 2.05) is 0 Å². The summed E-state index contributed by atoms with van der Waals surface area (Å²) in [5.74, 6) is -1.40. The van der Waals surface area contributed by atoms with Crippen LogP contribution in [0, 0.1) is 10.1 Å². The van der Waals surface area contributed by atoms with Gasteiger partial charge in [0.1, 0.15) is 5.69 Å². The molecular formula is C18H19N3O6S. The fourth-order valence-electron chi connectivity index (χ4n) is 2.29. The maximum Gasteiger partial charge on any atom is 0.338 e. The van der Waals surface area contributed by atoms with Crippen molar-refractivity contribution in [1.29, 1.82) is 0 Å². The van der Waals surface area contributed by atoms with Gasteiger partial charge >= 0.3 is 5.97 Å². The number of esters is 1. The molecule has 2 aromatic rings. The van der Waals surface area contributed by atoms with Gasteiger partial charge in [-0.3, -0.25) is 19.7 Å². The molecule has 0 aliphatic rings. The summed E-state index contributed by atoms with van der Waals surface area (Å²) in [6.45, 7) is 1.23. The lowest BCUT2D eigenvalue weighted by molar-refractivity contribution is -0.384. The minimum atomic E-state index is -0.822. The number of benzene rings is 1. The SMILES string of the molecule is CC(=O)NCc1ccc(C(=O)COC(=O)c2ccc(N(C)C)c([N+](=O)[O-])c2)s1. The van der Waals surface area contributed by atoms with E-state index in [0.29, 0.717) is 17.1 Å². The normalized spacial score (nSPS) is 10.2. The van der Waals surface area contributed by atoms with Gasteiger partial charge in [0.15, 0.2) is 6.61 Å². The van der Waals surface area contributed by atoms with Crippen LogP contribution in [0.2, 0.25) is 0 Å². The molecule has 0 saturated heterocycles. The van der Waals surface area contributed by atoms with E-state index in [4.69, 9.17) is 4.74 Å². The Kier molecular flexibility index (Phi) is 6.83. The predicted molar refractivity (Wildman–Crippen MR) is 104 cm³/mol. The molecule has 1 aromatic carbocycles. The van der Waals surface area contributed by atoms with E-state index in [1.54, 1.807) is 31.1 Å². The molecule has 1 N–H and O–H groups in total. The van der Waals surface area contributed by atoms with Crippen LogP contribution in [0.15, 0.2) is 30.3 Å². The monoisotopic (exact) mass is 405 g/mol. The molecule has 1 heterocycles. The third-order valence-electron chi connectivity index (χ3n) is 3.67. The minimum Gasteiger partial charge on any atom is -0.454 e. The zero-order valence-electron chi connectivity index (χ0n) is 15.6. The number of Topliss-reactive ketones (excluding diaryl/α,β-unsaturated/α-hetero) is 1. The summed E-state index contributed by atoms with van der Waals surface area (Å²) in [4.78, 5) is 48.6. The van der Waals surface area contributed by atoms with Crippen molar-refractivity contribution >= 4 is 40.4 Å². The van der Waals surface area contributed by atoms with Crippen LogP contribution in [-0.4, -0.2) is 43.3 Å². The molecule has 10 heteroatoms. The van der Waals surface area contributed by atoms with Gasteiger partial charge in [0.05, 0.1) is 21.9 Å². The van der Waals surface area contributed by atoms with E-state index in [2.05, 4.69) is 5.32 Å². The first-order valence-corrected chi connectivity index (χ1v) is 9.00. The Morgan fingerprint density at radius 3 is 2.54 bits per heavy atom. The molecule has 0 radical (unpaired) electrons. The zero-order valence-corrected chi connectivity index (χ0v) is 16.4. The van der Waals surface area contributed by atoms with E-state index < -0.39 is 23.3 Å². The number of hydrogen-bond acceptors (Lipinski definition) is 8. The van der Waals surface area contributed by atoms with Crippen LogP contribution in [0.1, 0.15) is 31.8 Å². The number of thiophene rings is 1. The highest BCUT2D eigenvalue weighted by molar-refractivity contribution is 7.14. The van der Waals surface area contributed by atoms with Crippen LogP contribution in [0.4, 0.5) is 11.4 Å². The Hall–Kier alpha value is -3.27. The molecule has 9 nitrogen and oxygen atoms in total. The summed E-state index contributed by atoms with van der Waals surface area (Å²) in [5, 5.41) is 13.8. The average Bonchev–Trinajstić information content (AvgIpc) is 3.12. The van der Waals surface area contributed by atoms with Crippen molar-refractivity contribution in [1.82, 2.24) is 5.32 Å². The molecule has 2 rings (SSSR count). The highest BCUT2D eigenvalue weighted by Gasteiger charge is 2.20. The fourth-order valence-corrected chi connectivity index (χ4v) is 3.17. The van der Waals surface area contributed by atoms with E-state index in [-0.39, 0.29) is 17.2 Å². The second kappa shape index (κ2) is 9.09. The number of amides is 1. The molecule has 0 fully saturated rings. The van der Waals surface area contributed by atoms with Gasteiger partial charge in [0.25, 0.3) is 5.69 Å². The molecule has 28 heavy (non-hydrogen) atoms. The van der Waals surface area contributed by atoms with E-state index in [0.717, 1.165) is 10.9 Å². The summed E-state index contributed by atoms with van der Waals surface area (Å²) in [6, 6.07) is 7.28. The number of ketones is 1. The van der Waals surface area contributed by atoms with Crippen LogP contribution < -0.4 is 10.2 Å². The summed E-state index contributed by atoms with van der Waals surface area (Å²) < 4.78 is 5.00. The van der Waals surface area contributed by atoms with Gasteiger partial charge in [-0.15, -0.1) is 11.3 Å². The molecule has 0 aliphatic carbocycles. The number of nitro groups is 1. The van der Waals surface area contributed by atoms with Crippen molar-refractivity contribution in [3.05, 3.63) is 55.8 Å². The standard InChI is InChI=1S/C18H19N3O6S/c1-11(22)19-9-13-5-7-17(28-13)16(23)10-27-18(24)12-4-6-14(20(2)3)15(8-12)21(25)26/h4-8H,9-10H2,1-3H3,(H,19,22). The van der Waals surface area contributed by atoms with Gasteiger partial charge in [-0.05, 0) is 24.3 Å². The van der Waals surface area contributed by atoms with Gasteiger partial charge < -0.3 is 15.0 Å². The summed E-state index contributed by atoms with van der Waals surface area (Å²) in [5.41, 5.74) is 0.109. The highest BCUT2D eigenvalue weighted by Crippen LogP contribution is 2.28. The number of hydrogen-bond donors (Lipinski definition) is 1. The van der Waals surface area contributed by atoms with Crippen LogP contribution >= 0.6 is 11.3 Å². The number of ether oxygens (including phenoxy) is 1. The first-order chi connectivity index (χ1) is 13.2. The molecule has 1 amide bonds. The van der Waals surface area contributed by atoms with E-state index in [9.17, 15) is 24.5 Å². The van der Waals surface area contributed by atoms with Gasteiger partial charge in [0.2, 0.25) is 11.7 Å². The second-order valence-corrected chi connectivity index (χ2v) is 7.20. The molecule has 0 bridgehead atoms. The molecule has 148 valence electrons. The maximum atomic E-state index is 12.2. The van der Waals surface area contributed by atoms with Crippen molar-refractivity contribution in [2.45, 2.75) is 13.5 Å². The number of nitrogens with one attached hydrogen (secondary N) is 1. The van der Waals surface area contributed by atoms with Crippen LogP contribution in [0.5, 0.6) is 0 Å². The molecule has 0 spiro atoms. The van der Waals surface area contributed by atoms with Crippen molar-refractivity contribution in [3.63, 3.8) is 0 Å². The lowest BCUT2D eigenvalue weighted by Gasteiger charge is -2.13. The summed E-state index contributed by atoms with van der Waals surface area (Å²) in [7, 11) is 3.31. The third kappa shape index (κ3) is 5.36. The number of anilines is 1. The second-order valence-electron chi connectivity index (χ2n) is 6.03. The third-order valence-corrected chi connectivity index (χ3v) is 4.80. The van der Waals surface area contributed by atoms with Crippen LogP contribution in [-0.2, 0) is 16.1 Å². The molecule has 0 atom stereocenters. The predicted octanol–water partition coefficient (Wildman–Crippen LogP) is 2.40. The van der Waals surface area contributed by atoms with Crippen LogP contribution in [0.3, 0.4) is 0 Å². The first-order valence-electron chi connectivity index (χ1n) is 8.18. The Labute approximate surface area is 165 Å². The number of carbonyl (C=O) groups is 3. The van der Waals surface area contributed by atoms with Gasteiger partial charge in [-0.25, -0.2) is 4.79 Å². The average molecular weight is 405 g/mol. The molecule has 1 aromatic heterocycles. The molecule has 0 unspecified atom stereocenters. The molecule has 0 aliphatic heterocycles. The van der Waals surface area contributed by atoms with Gasteiger partial charge in [-0.2, -0.15) is 0 Å². The fraction of sp³-hybridized carbons (Fsp3) is 0.278. The smallest absolute Gasteiger partial charge is 0.338 e. The molecular weight excluding hydrogens is 386 g/mol. The quantitative estimate of drug-likeness (QED) is 0.310. The van der Waals surface area contributed by atoms with Crippen LogP contribution in [0.25, 0.3) is 0 Å². The lowest BCUT2D eigenvalue weighted by Crippen LogP contribution is -2.18. The number of rotatable bonds is 8. The topological polar surface area (TPSA) is 119 Å². The van der Waals surface area contributed by atoms with Crippen molar-refractivity contribution in [2.75, 3.05) is 25.6 Å². The Morgan fingerprint density at radius 1 is 1.21 bits per heavy atom. The summed E-state index contributed by atoms with van der Waals surface area (Å²) >= 11 is 1.19. The van der Waals surface area contributed by atoms with Gasteiger partial charge in [-0.1, -0.05) is 0 Å². The van der Waals surface area contributed by atoms with E-state index in [1.165, 1.54) is 30.4 Å². The number of carbonyl (C=O) groups excluding carboxylic acids is 3. The molecule has 0 saturated carbocycles. The largest absolute Gasteiger partial charge is 0.454 e. The van der Waals surface area contributed by atoms with Crippen molar-refractivity contribution < 1.29 is 24.0 Å².